The SMILES string of the molecule is CCc1ccc(N(C)c2cccc3c2oc2ccccc23)cc1. The summed E-state index contributed by atoms with van der Waals surface area (Å²) in [5, 5.41) is 2.33. The van der Waals surface area contributed by atoms with Crippen LogP contribution in [0.15, 0.2) is 71.1 Å². The van der Waals surface area contributed by atoms with Gasteiger partial charge in [-0.3, -0.25) is 0 Å². The molecule has 1 aromatic heterocycles. The van der Waals surface area contributed by atoms with Crippen molar-refractivity contribution in [2.75, 3.05) is 11.9 Å². The van der Waals surface area contributed by atoms with Crippen molar-refractivity contribution in [1.82, 2.24) is 0 Å². The van der Waals surface area contributed by atoms with Crippen LogP contribution in [-0.4, -0.2) is 7.05 Å². The molecule has 2 heteroatoms. The number of fused-ring (bicyclic) bond motifs is 3. The van der Waals surface area contributed by atoms with E-state index in [-0.39, 0.29) is 0 Å². The number of benzene rings is 3. The number of rotatable bonds is 3. The fourth-order valence-corrected chi connectivity index (χ4v) is 3.09. The third kappa shape index (κ3) is 2.27. The number of hydrogen-bond acceptors (Lipinski definition) is 2. The van der Waals surface area contributed by atoms with E-state index in [4.69, 9.17) is 4.42 Å². The van der Waals surface area contributed by atoms with Gasteiger partial charge in [0.15, 0.2) is 5.58 Å². The van der Waals surface area contributed by atoms with Crippen LogP contribution in [0.25, 0.3) is 21.9 Å². The Morgan fingerprint density at radius 3 is 2.35 bits per heavy atom. The van der Waals surface area contributed by atoms with Crippen molar-refractivity contribution in [1.29, 1.82) is 0 Å². The highest BCUT2D eigenvalue weighted by molar-refractivity contribution is 6.09. The molecule has 2 nitrogen and oxygen atoms in total. The molecule has 0 saturated heterocycles. The molecule has 0 atom stereocenters. The van der Waals surface area contributed by atoms with Gasteiger partial charge < -0.3 is 9.32 Å². The van der Waals surface area contributed by atoms with E-state index in [2.05, 4.69) is 73.5 Å². The summed E-state index contributed by atoms with van der Waals surface area (Å²) in [5.41, 5.74) is 5.47. The molecular formula is C21H19NO. The van der Waals surface area contributed by atoms with E-state index in [9.17, 15) is 0 Å². The van der Waals surface area contributed by atoms with Gasteiger partial charge in [0, 0.05) is 23.5 Å². The molecule has 0 spiro atoms. The quantitative estimate of drug-likeness (QED) is 0.467. The van der Waals surface area contributed by atoms with Crippen LogP contribution in [0.4, 0.5) is 11.4 Å². The van der Waals surface area contributed by atoms with Crippen molar-refractivity contribution in [3.63, 3.8) is 0 Å². The Morgan fingerprint density at radius 1 is 0.826 bits per heavy atom. The van der Waals surface area contributed by atoms with E-state index < -0.39 is 0 Å². The minimum absolute atomic E-state index is 0.935. The molecule has 0 N–H and O–H groups in total. The number of nitrogens with zero attached hydrogens (tertiary/aromatic N) is 1. The molecule has 0 radical (unpaired) electrons. The Labute approximate surface area is 136 Å². The molecule has 4 aromatic rings. The van der Waals surface area contributed by atoms with Gasteiger partial charge in [0.25, 0.3) is 0 Å². The van der Waals surface area contributed by atoms with Crippen molar-refractivity contribution < 1.29 is 4.42 Å². The summed E-state index contributed by atoms with van der Waals surface area (Å²) in [6, 6.07) is 23.2. The summed E-state index contributed by atoms with van der Waals surface area (Å²) < 4.78 is 6.13. The lowest BCUT2D eigenvalue weighted by atomic mass is 10.1. The number of furan rings is 1. The van der Waals surface area contributed by atoms with Gasteiger partial charge in [-0.25, -0.2) is 0 Å². The zero-order chi connectivity index (χ0) is 15.8. The topological polar surface area (TPSA) is 16.4 Å². The maximum Gasteiger partial charge on any atom is 0.159 e. The van der Waals surface area contributed by atoms with Crippen LogP contribution in [0, 0.1) is 0 Å². The molecule has 0 saturated carbocycles. The third-order valence-corrected chi connectivity index (χ3v) is 4.48. The highest BCUT2D eigenvalue weighted by atomic mass is 16.3. The summed E-state index contributed by atoms with van der Waals surface area (Å²) >= 11 is 0. The molecule has 23 heavy (non-hydrogen) atoms. The van der Waals surface area contributed by atoms with E-state index in [1.165, 1.54) is 10.9 Å². The fourth-order valence-electron chi connectivity index (χ4n) is 3.09. The molecule has 0 aliphatic carbocycles. The number of para-hydroxylation sites is 2. The van der Waals surface area contributed by atoms with Gasteiger partial charge in [0.2, 0.25) is 0 Å². The van der Waals surface area contributed by atoms with Crippen molar-refractivity contribution in [3.8, 4) is 0 Å². The van der Waals surface area contributed by atoms with Crippen LogP contribution in [0.1, 0.15) is 12.5 Å². The molecular weight excluding hydrogens is 282 g/mol. The van der Waals surface area contributed by atoms with Crippen molar-refractivity contribution in [2.24, 2.45) is 0 Å². The molecule has 0 unspecified atom stereocenters. The lowest BCUT2D eigenvalue weighted by Crippen LogP contribution is -2.09. The summed E-state index contributed by atoms with van der Waals surface area (Å²) in [5.74, 6) is 0. The molecule has 1 heterocycles. The average Bonchev–Trinajstić information content (AvgIpc) is 3.00. The Morgan fingerprint density at radius 2 is 1.57 bits per heavy atom. The smallest absolute Gasteiger partial charge is 0.159 e. The predicted molar refractivity (Wildman–Crippen MR) is 97.6 cm³/mol. The zero-order valence-corrected chi connectivity index (χ0v) is 13.4. The highest BCUT2D eigenvalue weighted by Gasteiger charge is 2.13. The number of aryl methyl sites for hydroxylation is 1. The van der Waals surface area contributed by atoms with Gasteiger partial charge in [0.1, 0.15) is 5.58 Å². The van der Waals surface area contributed by atoms with Crippen molar-refractivity contribution in [2.45, 2.75) is 13.3 Å². The molecule has 4 rings (SSSR count). The predicted octanol–water partition coefficient (Wildman–Crippen LogP) is 5.92. The minimum atomic E-state index is 0.935. The Bertz CT molecular complexity index is 966. The van der Waals surface area contributed by atoms with E-state index in [1.54, 1.807) is 0 Å². The standard InChI is InChI=1S/C21H19NO/c1-3-15-11-13-16(14-12-15)22(2)19-9-6-8-18-17-7-4-5-10-20(17)23-21(18)19/h4-14H,3H2,1-2H3. The van der Waals surface area contributed by atoms with Gasteiger partial charge in [-0.1, -0.05) is 49.4 Å². The first-order valence-electron chi connectivity index (χ1n) is 8.01. The normalized spacial score (nSPS) is 11.2. The molecule has 0 amide bonds. The molecule has 0 fully saturated rings. The van der Waals surface area contributed by atoms with Gasteiger partial charge in [-0.15, -0.1) is 0 Å². The minimum Gasteiger partial charge on any atom is -0.454 e. The van der Waals surface area contributed by atoms with Crippen LogP contribution in [0.3, 0.4) is 0 Å². The monoisotopic (exact) mass is 301 g/mol. The fraction of sp³-hybridized carbons (Fsp3) is 0.143. The van der Waals surface area contributed by atoms with Gasteiger partial charge >= 0.3 is 0 Å². The maximum absolute atomic E-state index is 6.13. The van der Waals surface area contributed by atoms with Gasteiger partial charge in [-0.2, -0.15) is 0 Å². The average molecular weight is 301 g/mol. The van der Waals surface area contributed by atoms with Crippen LogP contribution < -0.4 is 4.90 Å². The summed E-state index contributed by atoms with van der Waals surface area (Å²) in [7, 11) is 2.09. The zero-order valence-electron chi connectivity index (χ0n) is 13.4. The van der Waals surface area contributed by atoms with Gasteiger partial charge in [-0.05, 0) is 36.2 Å². The van der Waals surface area contributed by atoms with Crippen LogP contribution in [0.2, 0.25) is 0 Å². The van der Waals surface area contributed by atoms with Crippen LogP contribution in [0.5, 0.6) is 0 Å². The number of anilines is 2. The van der Waals surface area contributed by atoms with Gasteiger partial charge in [0.05, 0.1) is 5.69 Å². The largest absolute Gasteiger partial charge is 0.454 e. The Balaban J connectivity index is 1.87. The molecule has 114 valence electrons. The summed E-state index contributed by atoms with van der Waals surface area (Å²) in [6.07, 6.45) is 1.06. The summed E-state index contributed by atoms with van der Waals surface area (Å²) in [6.45, 7) is 2.17. The van der Waals surface area contributed by atoms with Crippen molar-refractivity contribution in [3.05, 3.63) is 72.3 Å². The molecule has 0 aliphatic rings. The second kappa shape index (κ2) is 5.47. The van der Waals surface area contributed by atoms with Crippen molar-refractivity contribution >= 4 is 33.3 Å². The van der Waals surface area contributed by atoms with Crippen LogP contribution >= 0.6 is 0 Å². The Kier molecular flexibility index (Phi) is 3.30. The maximum atomic E-state index is 6.13. The number of hydrogen-bond donors (Lipinski definition) is 0. The first-order chi connectivity index (χ1) is 11.3. The van der Waals surface area contributed by atoms with E-state index in [0.29, 0.717) is 0 Å². The van der Waals surface area contributed by atoms with Crippen LogP contribution in [-0.2, 0) is 6.42 Å². The second-order valence-electron chi connectivity index (χ2n) is 5.83. The molecule has 3 aromatic carbocycles. The molecule has 0 aliphatic heterocycles. The first kappa shape index (κ1) is 13.9. The third-order valence-electron chi connectivity index (χ3n) is 4.48. The lowest BCUT2D eigenvalue weighted by molar-refractivity contribution is 0.668. The lowest BCUT2D eigenvalue weighted by Gasteiger charge is -2.20. The van der Waals surface area contributed by atoms with E-state index in [1.807, 2.05) is 12.1 Å². The highest BCUT2D eigenvalue weighted by Crippen LogP contribution is 2.36. The second-order valence-corrected chi connectivity index (χ2v) is 5.83. The van der Waals surface area contributed by atoms with E-state index >= 15 is 0 Å². The molecule has 0 bridgehead atoms. The summed E-state index contributed by atoms with van der Waals surface area (Å²) in [4.78, 5) is 2.18. The Hall–Kier alpha value is -2.74. The first-order valence-corrected chi connectivity index (χ1v) is 8.01. The van der Waals surface area contributed by atoms with E-state index in [0.717, 1.165) is 34.3 Å².